The van der Waals surface area contributed by atoms with Gasteiger partial charge in [0.15, 0.2) is 0 Å². The summed E-state index contributed by atoms with van der Waals surface area (Å²) in [4.78, 5) is 27.4. The van der Waals surface area contributed by atoms with E-state index < -0.39 is 0 Å². The smallest absolute Gasteiger partial charge is 0.226 e. The highest BCUT2D eigenvalue weighted by Gasteiger charge is 2.28. The van der Waals surface area contributed by atoms with E-state index in [9.17, 15) is 9.59 Å². The molecule has 108 valence electrons. The van der Waals surface area contributed by atoms with Gasteiger partial charge < -0.3 is 9.80 Å². The number of para-hydroxylation sites is 1. The standard InChI is InChI=1S/C16H22N2O2/c1-3-16(20)18(14-7-5-4-6-8-14)15-9-11-17(12-10-15)13(2)19/h4-8,15H,3,9-12H2,1-2H3. The Hall–Kier alpha value is -1.84. The number of nitrogens with zero attached hydrogens (tertiary/aromatic N) is 2. The molecule has 1 aromatic rings. The molecule has 1 saturated heterocycles. The fourth-order valence-corrected chi connectivity index (χ4v) is 2.76. The SMILES string of the molecule is CCC(=O)N(c1ccccc1)C1CCN(C(C)=O)CC1. The molecule has 4 heteroatoms. The first-order valence-electron chi connectivity index (χ1n) is 7.26. The zero-order valence-electron chi connectivity index (χ0n) is 12.2. The highest BCUT2D eigenvalue weighted by molar-refractivity contribution is 5.93. The molecule has 0 radical (unpaired) electrons. The van der Waals surface area contributed by atoms with Crippen LogP contribution in [-0.2, 0) is 9.59 Å². The van der Waals surface area contributed by atoms with Crippen molar-refractivity contribution in [2.45, 2.75) is 39.2 Å². The number of benzene rings is 1. The van der Waals surface area contributed by atoms with Crippen LogP contribution in [-0.4, -0.2) is 35.8 Å². The van der Waals surface area contributed by atoms with Gasteiger partial charge in [-0.2, -0.15) is 0 Å². The summed E-state index contributed by atoms with van der Waals surface area (Å²) in [5.74, 6) is 0.272. The fraction of sp³-hybridized carbons (Fsp3) is 0.500. The molecule has 20 heavy (non-hydrogen) atoms. The number of piperidine rings is 1. The summed E-state index contributed by atoms with van der Waals surface area (Å²) in [6.07, 6.45) is 2.20. The van der Waals surface area contributed by atoms with E-state index in [4.69, 9.17) is 0 Å². The van der Waals surface area contributed by atoms with E-state index in [0.717, 1.165) is 31.6 Å². The first kappa shape index (κ1) is 14.6. The Labute approximate surface area is 120 Å². The fourth-order valence-electron chi connectivity index (χ4n) is 2.76. The van der Waals surface area contributed by atoms with E-state index in [-0.39, 0.29) is 17.9 Å². The van der Waals surface area contributed by atoms with Crippen LogP contribution < -0.4 is 4.90 Å². The van der Waals surface area contributed by atoms with Crippen molar-refractivity contribution in [1.82, 2.24) is 4.90 Å². The minimum absolute atomic E-state index is 0.122. The van der Waals surface area contributed by atoms with Crippen molar-refractivity contribution in [3.05, 3.63) is 30.3 Å². The van der Waals surface area contributed by atoms with Crippen LogP contribution in [0.4, 0.5) is 5.69 Å². The van der Waals surface area contributed by atoms with E-state index in [0.29, 0.717) is 6.42 Å². The maximum Gasteiger partial charge on any atom is 0.226 e. The highest BCUT2D eigenvalue weighted by atomic mass is 16.2. The summed E-state index contributed by atoms with van der Waals surface area (Å²) < 4.78 is 0. The Bertz CT molecular complexity index is 465. The summed E-state index contributed by atoms with van der Waals surface area (Å²) in [6.45, 7) is 4.97. The van der Waals surface area contributed by atoms with E-state index in [1.54, 1.807) is 6.92 Å². The molecule has 0 unspecified atom stereocenters. The third-order valence-electron chi connectivity index (χ3n) is 3.88. The van der Waals surface area contributed by atoms with Gasteiger partial charge in [0.25, 0.3) is 0 Å². The van der Waals surface area contributed by atoms with Crippen molar-refractivity contribution in [2.75, 3.05) is 18.0 Å². The molecule has 4 nitrogen and oxygen atoms in total. The third kappa shape index (κ3) is 3.18. The Morgan fingerprint density at radius 1 is 1.20 bits per heavy atom. The van der Waals surface area contributed by atoms with Crippen molar-refractivity contribution in [3.8, 4) is 0 Å². The van der Waals surface area contributed by atoms with E-state index in [2.05, 4.69) is 0 Å². The van der Waals surface area contributed by atoms with Crippen LogP contribution in [0, 0.1) is 0 Å². The summed E-state index contributed by atoms with van der Waals surface area (Å²) in [7, 11) is 0. The second-order valence-electron chi connectivity index (χ2n) is 5.19. The monoisotopic (exact) mass is 274 g/mol. The van der Waals surface area contributed by atoms with Crippen LogP contribution in [0.2, 0.25) is 0 Å². The van der Waals surface area contributed by atoms with Crippen LogP contribution in [0.3, 0.4) is 0 Å². The molecule has 0 spiro atoms. The first-order valence-corrected chi connectivity index (χ1v) is 7.26. The maximum absolute atomic E-state index is 12.3. The molecule has 1 aliphatic rings. The van der Waals surface area contributed by atoms with Gasteiger partial charge in [0.05, 0.1) is 0 Å². The zero-order valence-corrected chi connectivity index (χ0v) is 12.2. The number of hydrogen-bond donors (Lipinski definition) is 0. The summed E-state index contributed by atoms with van der Waals surface area (Å²) in [5, 5.41) is 0. The lowest BCUT2D eigenvalue weighted by Crippen LogP contribution is -2.48. The number of carbonyl (C=O) groups is 2. The molecule has 0 atom stereocenters. The molecule has 1 aromatic carbocycles. The highest BCUT2D eigenvalue weighted by Crippen LogP contribution is 2.24. The number of carbonyl (C=O) groups excluding carboxylic acids is 2. The lowest BCUT2D eigenvalue weighted by Gasteiger charge is -2.38. The molecule has 2 amide bonds. The Morgan fingerprint density at radius 2 is 1.80 bits per heavy atom. The van der Waals surface area contributed by atoms with Gasteiger partial charge in [-0.15, -0.1) is 0 Å². The normalized spacial score (nSPS) is 16.0. The Kier molecular flexibility index (Phi) is 4.77. The largest absolute Gasteiger partial charge is 0.343 e. The average Bonchev–Trinajstić information content (AvgIpc) is 2.49. The molecule has 0 aromatic heterocycles. The molecule has 0 N–H and O–H groups in total. The Balaban J connectivity index is 2.13. The lowest BCUT2D eigenvalue weighted by atomic mass is 10.0. The molecular formula is C16H22N2O2. The van der Waals surface area contributed by atoms with Gasteiger partial charge in [0, 0.05) is 38.2 Å². The number of anilines is 1. The second kappa shape index (κ2) is 6.55. The van der Waals surface area contributed by atoms with Gasteiger partial charge in [-0.25, -0.2) is 0 Å². The number of hydrogen-bond acceptors (Lipinski definition) is 2. The molecule has 1 fully saturated rings. The van der Waals surface area contributed by atoms with Crippen LogP contribution in [0.1, 0.15) is 33.1 Å². The molecule has 0 bridgehead atoms. The minimum atomic E-state index is 0.122. The van der Waals surface area contributed by atoms with Gasteiger partial charge in [0.1, 0.15) is 0 Å². The average molecular weight is 274 g/mol. The van der Waals surface area contributed by atoms with Gasteiger partial charge in [-0.1, -0.05) is 25.1 Å². The third-order valence-corrected chi connectivity index (χ3v) is 3.88. The van der Waals surface area contributed by atoms with Gasteiger partial charge in [-0.05, 0) is 25.0 Å². The van der Waals surface area contributed by atoms with E-state index >= 15 is 0 Å². The van der Waals surface area contributed by atoms with E-state index in [1.807, 2.05) is 47.1 Å². The van der Waals surface area contributed by atoms with Crippen molar-refractivity contribution in [1.29, 1.82) is 0 Å². The van der Waals surface area contributed by atoms with Gasteiger partial charge in [-0.3, -0.25) is 9.59 Å². The number of likely N-dealkylation sites (tertiary alicyclic amines) is 1. The quantitative estimate of drug-likeness (QED) is 0.849. The van der Waals surface area contributed by atoms with E-state index in [1.165, 1.54) is 0 Å². The molecule has 1 heterocycles. The van der Waals surface area contributed by atoms with Crippen molar-refractivity contribution < 1.29 is 9.59 Å². The number of amides is 2. The Morgan fingerprint density at radius 3 is 2.30 bits per heavy atom. The first-order chi connectivity index (χ1) is 9.63. The van der Waals surface area contributed by atoms with Crippen molar-refractivity contribution >= 4 is 17.5 Å². The molecule has 1 aliphatic heterocycles. The van der Waals surface area contributed by atoms with Gasteiger partial charge in [0.2, 0.25) is 11.8 Å². The molecule has 0 saturated carbocycles. The lowest BCUT2D eigenvalue weighted by molar-refractivity contribution is -0.129. The predicted molar refractivity (Wildman–Crippen MR) is 79.5 cm³/mol. The topological polar surface area (TPSA) is 40.6 Å². The molecule has 0 aliphatic carbocycles. The molecular weight excluding hydrogens is 252 g/mol. The van der Waals surface area contributed by atoms with Crippen LogP contribution in [0.5, 0.6) is 0 Å². The van der Waals surface area contributed by atoms with Crippen LogP contribution in [0.25, 0.3) is 0 Å². The maximum atomic E-state index is 12.3. The summed E-state index contributed by atoms with van der Waals surface area (Å²) >= 11 is 0. The van der Waals surface area contributed by atoms with Crippen LogP contribution in [0.15, 0.2) is 30.3 Å². The second-order valence-corrected chi connectivity index (χ2v) is 5.19. The van der Waals surface area contributed by atoms with Crippen LogP contribution >= 0.6 is 0 Å². The minimum Gasteiger partial charge on any atom is -0.343 e. The summed E-state index contributed by atoms with van der Waals surface area (Å²) in [6, 6.07) is 10.0. The number of rotatable bonds is 3. The van der Waals surface area contributed by atoms with Crippen molar-refractivity contribution in [3.63, 3.8) is 0 Å². The molecule has 2 rings (SSSR count). The van der Waals surface area contributed by atoms with Gasteiger partial charge >= 0.3 is 0 Å². The predicted octanol–water partition coefficient (Wildman–Crippen LogP) is 2.44. The summed E-state index contributed by atoms with van der Waals surface area (Å²) in [5.41, 5.74) is 0.959. The zero-order chi connectivity index (χ0) is 14.5. The van der Waals surface area contributed by atoms with Crippen molar-refractivity contribution in [2.24, 2.45) is 0 Å².